The van der Waals surface area contributed by atoms with Gasteiger partial charge in [-0.3, -0.25) is 0 Å². The first-order valence-electron chi connectivity index (χ1n) is 4.63. The minimum Gasteiger partial charge on any atom is -0.454 e. The van der Waals surface area contributed by atoms with E-state index in [4.69, 9.17) is 15.2 Å². The van der Waals surface area contributed by atoms with Crippen LogP contribution in [-0.2, 0) is 6.54 Å². The van der Waals surface area contributed by atoms with Crippen molar-refractivity contribution in [1.29, 1.82) is 0 Å². The number of hydrogen-bond donors (Lipinski definition) is 1. The number of fused-ring (bicyclic) bond motifs is 2. The lowest BCUT2D eigenvalue weighted by Crippen LogP contribution is -2.00. The third-order valence-electron chi connectivity index (χ3n) is 2.34. The van der Waals surface area contributed by atoms with Gasteiger partial charge in [-0.25, -0.2) is 0 Å². The largest absolute Gasteiger partial charge is 0.454 e. The predicted molar refractivity (Wildman–Crippen MR) is 53.6 cm³/mol. The molecule has 2 N–H and O–H groups in total. The molecular weight excluding hydrogens is 194 g/mol. The van der Waals surface area contributed by atoms with Crippen molar-refractivity contribution >= 4 is 10.9 Å². The zero-order valence-corrected chi connectivity index (χ0v) is 7.93. The molecule has 0 bridgehead atoms. The van der Waals surface area contributed by atoms with Gasteiger partial charge in [-0.05, 0) is 12.1 Å². The van der Waals surface area contributed by atoms with E-state index >= 15 is 0 Å². The highest BCUT2D eigenvalue weighted by Crippen LogP contribution is 2.35. The second-order valence-corrected chi connectivity index (χ2v) is 3.30. The Labute approximate surface area is 85.8 Å². The van der Waals surface area contributed by atoms with Gasteiger partial charge in [0.2, 0.25) is 6.79 Å². The molecule has 1 aliphatic heterocycles. The molecule has 76 valence electrons. The Morgan fingerprint density at radius 1 is 1.13 bits per heavy atom. The summed E-state index contributed by atoms with van der Waals surface area (Å²) in [6, 6.07) is 5.63. The molecule has 5 heteroatoms. The molecule has 1 aromatic heterocycles. The molecule has 3 rings (SSSR count). The van der Waals surface area contributed by atoms with Crippen LogP contribution in [-0.4, -0.2) is 17.0 Å². The smallest absolute Gasteiger partial charge is 0.231 e. The molecule has 0 spiro atoms. The fraction of sp³-hybridized carbons (Fsp3) is 0.200. The maximum atomic E-state index is 5.50. The molecule has 0 fully saturated rings. The lowest BCUT2D eigenvalue weighted by atomic mass is 10.2. The van der Waals surface area contributed by atoms with Crippen molar-refractivity contribution in [3.05, 3.63) is 23.9 Å². The summed E-state index contributed by atoms with van der Waals surface area (Å²) in [5.74, 6) is 1.47. The van der Waals surface area contributed by atoms with Crippen LogP contribution in [0.1, 0.15) is 5.69 Å². The predicted octanol–water partition coefficient (Wildman–Crippen LogP) is 0.817. The molecule has 0 atom stereocenters. The molecule has 5 nitrogen and oxygen atoms in total. The van der Waals surface area contributed by atoms with Gasteiger partial charge in [0.25, 0.3) is 0 Å². The summed E-state index contributed by atoms with van der Waals surface area (Å²) in [5, 5.41) is 9.01. The molecule has 1 aromatic carbocycles. The van der Waals surface area contributed by atoms with Crippen LogP contribution in [0.5, 0.6) is 11.5 Å². The molecule has 1 aliphatic rings. The van der Waals surface area contributed by atoms with Crippen molar-refractivity contribution in [1.82, 2.24) is 10.2 Å². The van der Waals surface area contributed by atoms with Gasteiger partial charge in [-0.15, -0.1) is 0 Å². The third kappa shape index (κ3) is 1.28. The van der Waals surface area contributed by atoms with Crippen LogP contribution in [0.3, 0.4) is 0 Å². The standard InChI is InChI=1S/C10H9N3O2/c11-4-7-1-6-2-9-10(15-5-14-9)3-8(6)13-12-7/h1-3H,4-5,11H2. The first-order valence-corrected chi connectivity index (χ1v) is 4.63. The summed E-state index contributed by atoms with van der Waals surface area (Å²) in [6.45, 7) is 0.653. The summed E-state index contributed by atoms with van der Waals surface area (Å²) >= 11 is 0. The quantitative estimate of drug-likeness (QED) is 0.742. The minimum atomic E-state index is 0.267. The van der Waals surface area contributed by atoms with E-state index in [9.17, 15) is 0 Å². The van der Waals surface area contributed by atoms with Crippen molar-refractivity contribution in [3.63, 3.8) is 0 Å². The van der Waals surface area contributed by atoms with Gasteiger partial charge < -0.3 is 15.2 Å². The van der Waals surface area contributed by atoms with Gasteiger partial charge in [0.15, 0.2) is 11.5 Å². The number of aromatic nitrogens is 2. The molecule has 0 saturated carbocycles. The fourth-order valence-electron chi connectivity index (χ4n) is 1.58. The maximum absolute atomic E-state index is 5.50. The van der Waals surface area contributed by atoms with Crippen LogP contribution in [0, 0.1) is 0 Å². The van der Waals surface area contributed by atoms with Gasteiger partial charge in [-0.2, -0.15) is 10.2 Å². The zero-order valence-electron chi connectivity index (χ0n) is 7.93. The lowest BCUT2D eigenvalue weighted by Gasteiger charge is -2.01. The molecule has 15 heavy (non-hydrogen) atoms. The van der Waals surface area contributed by atoms with Crippen molar-refractivity contribution in [2.75, 3.05) is 6.79 Å². The number of rotatable bonds is 1. The van der Waals surface area contributed by atoms with Crippen LogP contribution in [0.15, 0.2) is 18.2 Å². The van der Waals surface area contributed by atoms with E-state index in [-0.39, 0.29) is 6.79 Å². The average Bonchev–Trinajstić information content (AvgIpc) is 2.72. The van der Waals surface area contributed by atoms with Crippen LogP contribution < -0.4 is 15.2 Å². The monoisotopic (exact) mass is 203 g/mol. The number of benzene rings is 1. The van der Waals surface area contributed by atoms with E-state index in [1.807, 2.05) is 18.2 Å². The van der Waals surface area contributed by atoms with Crippen molar-refractivity contribution in [2.24, 2.45) is 5.73 Å². The van der Waals surface area contributed by atoms with Crippen LogP contribution in [0.25, 0.3) is 10.9 Å². The Bertz CT molecular complexity index is 527. The first kappa shape index (κ1) is 8.43. The van der Waals surface area contributed by atoms with Gasteiger partial charge >= 0.3 is 0 Å². The third-order valence-corrected chi connectivity index (χ3v) is 2.34. The second kappa shape index (κ2) is 3.06. The topological polar surface area (TPSA) is 70.3 Å². The number of nitrogens with zero attached hydrogens (tertiary/aromatic N) is 2. The van der Waals surface area contributed by atoms with Crippen LogP contribution >= 0.6 is 0 Å². The summed E-state index contributed by atoms with van der Waals surface area (Å²) in [7, 11) is 0. The summed E-state index contributed by atoms with van der Waals surface area (Å²) < 4.78 is 10.5. The molecule has 0 aliphatic carbocycles. The molecule has 0 saturated heterocycles. The molecule has 0 amide bonds. The minimum absolute atomic E-state index is 0.267. The van der Waals surface area contributed by atoms with E-state index in [0.717, 1.165) is 28.1 Å². The van der Waals surface area contributed by atoms with E-state index in [1.165, 1.54) is 0 Å². The normalized spacial score (nSPS) is 13.4. The van der Waals surface area contributed by atoms with E-state index in [1.54, 1.807) is 0 Å². The Kier molecular flexibility index (Phi) is 1.72. The molecule has 2 aromatic rings. The molecule has 2 heterocycles. The second-order valence-electron chi connectivity index (χ2n) is 3.30. The summed E-state index contributed by atoms with van der Waals surface area (Å²) in [5.41, 5.74) is 7.05. The number of ether oxygens (including phenoxy) is 2. The van der Waals surface area contributed by atoms with Gasteiger partial charge in [0.05, 0.1) is 11.2 Å². The van der Waals surface area contributed by atoms with Gasteiger partial charge in [0.1, 0.15) is 0 Å². The zero-order chi connectivity index (χ0) is 10.3. The van der Waals surface area contributed by atoms with Crippen molar-refractivity contribution < 1.29 is 9.47 Å². The van der Waals surface area contributed by atoms with E-state index in [0.29, 0.717) is 6.54 Å². The SMILES string of the molecule is NCc1cc2cc3c(cc2nn1)OCO3. The highest BCUT2D eigenvalue weighted by atomic mass is 16.7. The first-order chi connectivity index (χ1) is 7.36. The average molecular weight is 203 g/mol. The summed E-state index contributed by atoms with van der Waals surface area (Å²) in [6.07, 6.45) is 0. The summed E-state index contributed by atoms with van der Waals surface area (Å²) in [4.78, 5) is 0. The number of hydrogen-bond acceptors (Lipinski definition) is 5. The fourth-order valence-corrected chi connectivity index (χ4v) is 1.58. The molecule has 0 radical (unpaired) electrons. The number of nitrogens with two attached hydrogens (primary N) is 1. The Balaban J connectivity index is 2.24. The van der Waals surface area contributed by atoms with Crippen molar-refractivity contribution in [2.45, 2.75) is 6.54 Å². The Morgan fingerprint density at radius 3 is 2.73 bits per heavy atom. The van der Waals surface area contributed by atoms with Gasteiger partial charge in [-0.1, -0.05) is 0 Å². The van der Waals surface area contributed by atoms with E-state index in [2.05, 4.69) is 10.2 Å². The molecular formula is C10H9N3O2. The maximum Gasteiger partial charge on any atom is 0.231 e. The Hall–Kier alpha value is -1.88. The molecule has 0 unspecified atom stereocenters. The van der Waals surface area contributed by atoms with E-state index < -0.39 is 0 Å². The lowest BCUT2D eigenvalue weighted by molar-refractivity contribution is 0.174. The van der Waals surface area contributed by atoms with Crippen molar-refractivity contribution in [3.8, 4) is 11.5 Å². The highest BCUT2D eigenvalue weighted by Gasteiger charge is 2.14. The Morgan fingerprint density at radius 2 is 1.93 bits per heavy atom. The highest BCUT2D eigenvalue weighted by molar-refractivity contribution is 5.82. The van der Waals surface area contributed by atoms with Crippen LogP contribution in [0.2, 0.25) is 0 Å². The van der Waals surface area contributed by atoms with Crippen LogP contribution in [0.4, 0.5) is 0 Å². The van der Waals surface area contributed by atoms with Gasteiger partial charge in [0, 0.05) is 18.0 Å².